The van der Waals surface area contributed by atoms with Crippen LogP contribution in [0.25, 0.3) is 0 Å². The topological polar surface area (TPSA) is 29.1 Å². The quantitative estimate of drug-likeness (QED) is 0.631. The molecule has 1 aliphatic heterocycles. The van der Waals surface area contributed by atoms with E-state index in [1.54, 1.807) is 0 Å². The number of rotatable bonds is 1. The fourth-order valence-corrected chi connectivity index (χ4v) is 2.56. The minimum atomic E-state index is 0.261. The third-order valence-corrected chi connectivity index (χ3v) is 3.53. The molecule has 2 nitrogen and oxygen atoms in total. The first-order valence-electron chi connectivity index (χ1n) is 4.88. The molecule has 0 unspecified atom stereocenters. The molecule has 1 N–H and O–H groups in total. The number of hydrogen-bond acceptors (Lipinski definition) is 1. The summed E-state index contributed by atoms with van der Waals surface area (Å²) in [7, 11) is 0. The summed E-state index contributed by atoms with van der Waals surface area (Å²) in [6.45, 7) is 5.50. The molecule has 68 valence electrons. The molecule has 1 saturated heterocycles. The Morgan fingerprint density at radius 1 is 1.50 bits per heavy atom. The van der Waals surface area contributed by atoms with Crippen molar-refractivity contribution in [2.75, 3.05) is 6.54 Å². The molecule has 2 fully saturated rings. The molecule has 2 aliphatic rings. The molecule has 0 aromatic heterocycles. The van der Waals surface area contributed by atoms with Crippen LogP contribution in [-0.2, 0) is 4.79 Å². The van der Waals surface area contributed by atoms with Crippen LogP contribution in [0.5, 0.6) is 0 Å². The Hall–Kier alpha value is -0.530. The van der Waals surface area contributed by atoms with E-state index >= 15 is 0 Å². The average molecular weight is 167 g/mol. The molecule has 0 aromatic rings. The smallest absolute Gasteiger partial charge is 0.220 e. The van der Waals surface area contributed by atoms with Gasteiger partial charge in [-0.3, -0.25) is 4.79 Å². The van der Waals surface area contributed by atoms with Gasteiger partial charge in [0.25, 0.3) is 0 Å². The fraction of sp³-hybridized carbons (Fsp3) is 0.900. The van der Waals surface area contributed by atoms with E-state index in [2.05, 4.69) is 19.2 Å². The monoisotopic (exact) mass is 167 g/mol. The van der Waals surface area contributed by atoms with Crippen molar-refractivity contribution in [3.05, 3.63) is 0 Å². The zero-order valence-corrected chi connectivity index (χ0v) is 7.89. The van der Waals surface area contributed by atoms with Gasteiger partial charge in [-0.1, -0.05) is 13.8 Å². The minimum Gasteiger partial charge on any atom is -0.356 e. The maximum Gasteiger partial charge on any atom is 0.220 e. The molecule has 12 heavy (non-hydrogen) atoms. The lowest BCUT2D eigenvalue weighted by atomic mass is 9.58. The Kier molecular flexibility index (Phi) is 1.67. The van der Waals surface area contributed by atoms with Crippen molar-refractivity contribution in [1.29, 1.82) is 0 Å². The Bertz CT molecular complexity index is 204. The Labute approximate surface area is 73.7 Å². The predicted molar refractivity (Wildman–Crippen MR) is 47.6 cm³/mol. The first-order chi connectivity index (χ1) is 5.61. The van der Waals surface area contributed by atoms with Crippen LogP contribution < -0.4 is 5.32 Å². The zero-order chi connectivity index (χ0) is 8.77. The minimum absolute atomic E-state index is 0.261. The Balaban J connectivity index is 1.91. The Morgan fingerprint density at radius 3 is 2.58 bits per heavy atom. The van der Waals surface area contributed by atoms with Crippen LogP contribution in [0.15, 0.2) is 0 Å². The summed E-state index contributed by atoms with van der Waals surface area (Å²) in [5, 5.41) is 2.93. The van der Waals surface area contributed by atoms with Gasteiger partial charge in [0.2, 0.25) is 5.91 Å². The normalized spacial score (nSPS) is 40.2. The van der Waals surface area contributed by atoms with Crippen molar-refractivity contribution < 1.29 is 4.79 Å². The van der Waals surface area contributed by atoms with Crippen LogP contribution in [0.2, 0.25) is 0 Å². The van der Waals surface area contributed by atoms with Gasteiger partial charge in [0.05, 0.1) is 0 Å². The van der Waals surface area contributed by atoms with Crippen LogP contribution in [-0.4, -0.2) is 12.5 Å². The van der Waals surface area contributed by atoms with E-state index in [4.69, 9.17) is 0 Å². The Morgan fingerprint density at radius 2 is 2.17 bits per heavy atom. The van der Waals surface area contributed by atoms with Gasteiger partial charge < -0.3 is 5.32 Å². The molecule has 0 aromatic carbocycles. The highest BCUT2D eigenvalue weighted by atomic mass is 16.1. The maximum absolute atomic E-state index is 11.0. The molecule has 0 radical (unpaired) electrons. The SMILES string of the molecule is CC(C)C1CC2(CNC(=O)C2)C1. The van der Waals surface area contributed by atoms with E-state index in [1.807, 2.05) is 0 Å². The summed E-state index contributed by atoms with van der Waals surface area (Å²) in [6.07, 6.45) is 3.32. The molecule has 1 spiro atoms. The van der Waals surface area contributed by atoms with Gasteiger partial charge in [0, 0.05) is 13.0 Å². The van der Waals surface area contributed by atoms with Gasteiger partial charge in [-0.05, 0) is 30.1 Å². The van der Waals surface area contributed by atoms with Crippen molar-refractivity contribution in [2.45, 2.75) is 33.1 Å². The largest absolute Gasteiger partial charge is 0.356 e. The van der Waals surface area contributed by atoms with Gasteiger partial charge in [-0.15, -0.1) is 0 Å². The van der Waals surface area contributed by atoms with Gasteiger partial charge in [0.1, 0.15) is 0 Å². The second-order valence-corrected chi connectivity index (χ2v) is 4.87. The number of hydrogen-bond donors (Lipinski definition) is 1. The lowest BCUT2D eigenvalue weighted by Crippen LogP contribution is -2.41. The van der Waals surface area contributed by atoms with E-state index in [1.165, 1.54) is 12.8 Å². The van der Waals surface area contributed by atoms with E-state index in [0.29, 0.717) is 5.41 Å². The van der Waals surface area contributed by atoms with E-state index in [9.17, 15) is 4.79 Å². The molecule has 1 amide bonds. The molecule has 2 rings (SSSR count). The summed E-state index contributed by atoms with van der Waals surface area (Å²) < 4.78 is 0. The third kappa shape index (κ3) is 1.13. The first kappa shape index (κ1) is 8.09. The van der Waals surface area contributed by atoms with Crippen molar-refractivity contribution in [3.8, 4) is 0 Å². The first-order valence-corrected chi connectivity index (χ1v) is 4.88. The number of carbonyl (C=O) groups excluding carboxylic acids is 1. The van der Waals surface area contributed by atoms with Crippen LogP contribution in [0.3, 0.4) is 0 Å². The zero-order valence-electron chi connectivity index (χ0n) is 7.89. The molecule has 1 heterocycles. The molecular weight excluding hydrogens is 150 g/mol. The predicted octanol–water partition coefficient (Wildman–Crippen LogP) is 1.56. The van der Waals surface area contributed by atoms with Crippen LogP contribution in [0, 0.1) is 17.3 Å². The molecular formula is C10H17NO. The van der Waals surface area contributed by atoms with E-state index < -0.39 is 0 Å². The van der Waals surface area contributed by atoms with Gasteiger partial charge in [-0.25, -0.2) is 0 Å². The van der Waals surface area contributed by atoms with Crippen molar-refractivity contribution in [3.63, 3.8) is 0 Å². The molecule has 1 saturated carbocycles. The number of amides is 1. The van der Waals surface area contributed by atoms with Crippen molar-refractivity contribution >= 4 is 5.91 Å². The molecule has 0 bridgehead atoms. The highest BCUT2D eigenvalue weighted by Crippen LogP contribution is 2.52. The standard InChI is InChI=1S/C10H17NO/c1-7(2)8-3-10(4-8)5-9(12)11-6-10/h7-8H,3-6H2,1-2H3,(H,11,12). The van der Waals surface area contributed by atoms with Gasteiger partial charge in [0.15, 0.2) is 0 Å². The number of carbonyl (C=O) groups is 1. The van der Waals surface area contributed by atoms with E-state index in [-0.39, 0.29) is 5.91 Å². The van der Waals surface area contributed by atoms with Crippen LogP contribution in [0.4, 0.5) is 0 Å². The van der Waals surface area contributed by atoms with Crippen LogP contribution >= 0.6 is 0 Å². The second-order valence-electron chi connectivity index (χ2n) is 4.87. The second kappa shape index (κ2) is 2.48. The van der Waals surface area contributed by atoms with Crippen molar-refractivity contribution in [2.24, 2.45) is 17.3 Å². The average Bonchev–Trinajstić information content (AvgIpc) is 2.27. The summed E-state index contributed by atoms with van der Waals surface area (Å²) in [5.41, 5.74) is 0.381. The lowest BCUT2D eigenvalue weighted by Gasteiger charge is -2.46. The summed E-state index contributed by atoms with van der Waals surface area (Å²) in [4.78, 5) is 11.0. The highest BCUT2D eigenvalue weighted by molar-refractivity contribution is 5.79. The van der Waals surface area contributed by atoms with Gasteiger partial charge in [-0.2, -0.15) is 0 Å². The molecule has 2 heteroatoms. The maximum atomic E-state index is 11.0. The highest BCUT2D eigenvalue weighted by Gasteiger charge is 2.49. The summed E-state index contributed by atoms with van der Waals surface area (Å²) in [5.74, 6) is 1.93. The molecule has 0 atom stereocenters. The summed E-state index contributed by atoms with van der Waals surface area (Å²) in [6, 6.07) is 0. The summed E-state index contributed by atoms with van der Waals surface area (Å²) >= 11 is 0. The lowest BCUT2D eigenvalue weighted by molar-refractivity contribution is -0.120. The van der Waals surface area contributed by atoms with E-state index in [0.717, 1.165) is 24.8 Å². The van der Waals surface area contributed by atoms with Crippen molar-refractivity contribution in [1.82, 2.24) is 5.32 Å². The third-order valence-electron chi connectivity index (χ3n) is 3.53. The number of nitrogens with one attached hydrogen (secondary N) is 1. The fourth-order valence-electron chi connectivity index (χ4n) is 2.56. The van der Waals surface area contributed by atoms with Crippen LogP contribution in [0.1, 0.15) is 33.1 Å². The van der Waals surface area contributed by atoms with Gasteiger partial charge >= 0.3 is 0 Å². The molecule has 1 aliphatic carbocycles.